The molecule has 0 fully saturated rings. The summed E-state index contributed by atoms with van der Waals surface area (Å²) < 4.78 is 29.2. The number of anilines is 2. The number of benzene rings is 1. The van der Waals surface area contributed by atoms with E-state index in [9.17, 15) is 13.5 Å². The standard InChI is InChI=1S/C16H17ClN6O3S/c1-16(2,24)8-23-15(19)12(7-21-23)27(25,26)22-11-4-3-10(17)13-9(5-18)6-20-14(11)13/h3-4,6-7,20,22,24H,8,19H2,1-2H3. The number of H-pyrrole nitrogens is 1. The van der Waals surface area contributed by atoms with Crippen LogP contribution in [-0.4, -0.2) is 33.9 Å². The van der Waals surface area contributed by atoms with Crippen molar-refractivity contribution < 1.29 is 13.5 Å². The number of rotatable bonds is 5. The second-order valence-corrected chi connectivity index (χ2v) is 8.69. The molecule has 3 rings (SSSR count). The topological polar surface area (TPSA) is 150 Å². The number of nitriles is 1. The van der Waals surface area contributed by atoms with Gasteiger partial charge in [-0.15, -0.1) is 0 Å². The van der Waals surface area contributed by atoms with Crippen LogP contribution in [0.4, 0.5) is 11.5 Å². The average Bonchev–Trinajstić information content (AvgIpc) is 3.14. The molecule has 0 unspecified atom stereocenters. The van der Waals surface area contributed by atoms with Crippen LogP contribution in [0.2, 0.25) is 5.02 Å². The number of nitrogens with zero attached hydrogens (tertiary/aromatic N) is 3. The Labute approximate surface area is 160 Å². The predicted molar refractivity (Wildman–Crippen MR) is 102 cm³/mol. The molecule has 0 saturated heterocycles. The number of fused-ring (bicyclic) bond motifs is 1. The van der Waals surface area contributed by atoms with E-state index < -0.39 is 15.6 Å². The highest BCUT2D eigenvalue weighted by Crippen LogP contribution is 2.33. The van der Waals surface area contributed by atoms with Crippen LogP contribution in [0, 0.1) is 11.3 Å². The molecule has 27 heavy (non-hydrogen) atoms. The quantitative estimate of drug-likeness (QED) is 0.507. The first-order valence-corrected chi connectivity index (χ1v) is 9.66. The molecule has 2 heterocycles. The zero-order valence-electron chi connectivity index (χ0n) is 14.5. The second-order valence-electron chi connectivity index (χ2n) is 6.63. The van der Waals surface area contributed by atoms with E-state index in [-0.39, 0.29) is 22.9 Å². The first-order valence-electron chi connectivity index (χ1n) is 7.79. The van der Waals surface area contributed by atoms with Gasteiger partial charge in [-0.25, -0.2) is 13.1 Å². The van der Waals surface area contributed by atoms with Gasteiger partial charge in [-0.05, 0) is 26.0 Å². The molecule has 0 bridgehead atoms. The summed E-state index contributed by atoms with van der Waals surface area (Å²) in [7, 11) is -4.07. The Morgan fingerprint density at radius 1 is 1.48 bits per heavy atom. The molecular weight excluding hydrogens is 392 g/mol. The number of aromatic amines is 1. The largest absolute Gasteiger partial charge is 0.389 e. The van der Waals surface area contributed by atoms with Gasteiger partial charge in [-0.2, -0.15) is 10.4 Å². The number of nitrogens with one attached hydrogen (secondary N) is 2. The lowest BCUT2D eigenvalue weighted by Crippen LogP contribution is -2.27. The Hall–Kier alpha value is -2.74. The fourth-order valence-electron chi connectivity index (χ4n) is 2.66. The SMILES string of the molecule is CC(C)(O)Cn1ncc(S(=O)(=O)Nc2ccc(Cl)c3c(C#N)c[nH]c23)c1N. The average molecular weight is 409 g/mol. The van der Waals surface area contributed by atoms with Crippen LogP contribution in [0.5, 0.6) is 0 Å². The molecule has 9 nitrogen and oxygen atoms in total. The highest BCUT2D eigenvalue weighted by molar-refractivity contribution is 7.92. The van der Waals surface area contributed by atoms with Gasteiger partial charge >= 0.3 is 0 Å². The van der Waals surface area contributed by atoms with Crippen molar-refractivity contribution in [3.05, 3.63) is 35.1 Å². The minimum absolute atomic E-state index is 0.0295. The van der Waals surface area contributed by atoms with Crippen LogP contribution < -0.4 is 10.5 Å². The van der Waals surface area contributed by atoms with Gasteiger partial charge in [0.2, 0.25) is 0 Å². The van der Waals surface area contributed by atoms with Gasteiger partial charge in [0, 0.05) is 11.6 Å². The lowest BCUT2D eigenvalue weighted by atomic mass is 10.1. The van der Waals surface area contributed by atoms with E-state index in [0.29, 0.717) is 21.5 Å². The molecule has 0 spiro atoms. The normalized spacial score (nSPS) is 12.3. The van der Waals surface area contributed by atoms with Gasteiger partial charge in [0.15, 0.2) is 0 Å². The number of nitrogen functional groups attached to an aromatic ring is 1. The number of hydrogen-bond acceptors (Lipinski definition) is 6. The Morgan fingerprint density at radius 2 is 2.19 bits per heavy atom. The van der Waals surface area contributed by atoms with E-state index in [4.69, 9.17) is 22.6 Å². The van der Waals surface area contributed by atoms with Crippen molar-refractivity contribution in [2.24, 2.45) is 0 Å². The van der Waals surface area contributed by atoms with E-state index in [1.807, 2.05) is 6.07 Å². The first kappa shape index (κ1) is 19.0. The minimum atomic E-state index is -4.07. The van der Waals surface area contributed by atoms with Crippen LogP contribution >= 0.6 is 11.6 Å². The molecular formula is C16H17ClN6O3S. The van der Waals surface area contributed by atoms with E-state index >= 15 is 0 Å². The van der Waals surface area contributed by atoms with Crippen LogP contribution in [0.3, 0.4) is 0 Å². The molecule has 0 radical (unpaired) electrons. The Morgan fingerprint density at radius 3 is 2.81 bits per heavy atom. The third kappa shape index (κ3) is 3.57. The van der Waals surface area contributed by atoms with Gasteiger partial charge in [0.25, 0.3) is 10.0 Å². The number of sulfonamides is 1. The second kappa shape index (κ2) is 6.45. The summed E-state index contributed by atoms with van der Waals surface area (Å²) >= 11 is 6.13. The molecule has 0 aliphatic heterocycles. The lowest BCUT2D eigenvalue weighted by molar-refractivity contribution is 0.0584. The van der Waals surface area contributed by atoms with Crippen molar-refractivity contribution in [3.63, 3.8) is 0 Å². The van der Waals surface area contributed by atoms with Gasteiger partial charge in [0.1, 0.15) is 16.8 Å². The summed E-state index contributed by atoms with van der Waals surface area (Å²) in [5.74, 6) is -0.0981. The van der Waals surface area contributed by atoms with E-state index in [1.165, 1.54) is 23.0 Å². The van der Waals surface area contributed by atoms with E-state index in [2.05, 4.69) is 14.8 Å². The smallest absolute Gasteiger partial charge is 0.267 e. The third-order valence-corrected chi connectivity index (χ3v) is 5.52. The maximum Gasteiger partial charge on any atom is 0.267 e. The van der Waals surface area contributed by atoms with Crippen LogP contribution in [-0.2, 0) is 16.6 Å². The summed E-state index contributed by atoms with van der Waals surface area (Å²) in [4.78, 5) is 2.63. The molecule has 3 aromatic rings. The third-order valence-electron chi connectivity index (χ3n) is 3.82. The molecule has 2 aromatic heterocycles. The number of hydrogen-bond donors (Lipinski definition) is 4. The number of aromatic nitrogens is 3. The minimum Gasteiger partial charge on any atom is -0.389 e. The van der Waals surface area contributed by atoms with Crippen molar-refractivity contribution in [2.45, 2.75) is 30.9 Å². The molecule has 1 aromatic carbocycles. The van der Waals surface area contributed by atoms with Gasteiger partial charge < -0.3 is 15.8 Å². The summed E-state index contributed by atoms with van der Waals surface area (Å²) in [6.07, 6.45) is 2.57. The number of aliphatic hydroxyl groups is 1. The summed E-state index contributed by atoms with van der Waals surface area (Å²) in [6.45, 7) is 3.15. The van der Waals surface area contributed by atoms with Crippen LogP contribution in [0.15, 0.2) is 29.4 Å². The Kier molecular flexibility index (Phi) is 4.55. The van der Waals surface area contributed by atoms with Crippen molar-refractivity contribution in [2.75, 3.05) is 10.5 Å². The molecule has 0 aliphatic carbocycles. The van der Waals surface area contributed by atoms with Gasteiger partial charge in [0.05, 0.1) is 40.1 Å². The van der Waals surface area contributed by atoms with Crippen molar-refractivity contribution in [3.8, 4) is 6.07 Å². The predicted octanol–water partition coefficient (Wildman–Crippen LogP) is 2.04. The summed E-state index contributed by atoms with van der Waals surface area (Å²) in [5, 5.41) is 23.7. The Bertz CT molecular complexity index is 1170. The van der Waals surface area contributed by atoms with Gasteiger partial charge in [-0.3, -0.25) is 4.72 Å². The van der Waals surface area contributed by atoms with Crippen LogP contribution in [0.25, 0.3) is 10.9 Å². The van der Waals surface area contributed by atoms with Crippen LogP contribution in [0.1, 0.15) is 19.4 Å². The maximum absolute atomic E-state index is 12.8. The molecule has 0 atom stereocenters. The van der Waals surface area contributed by atoms with E-state index in [1.54, 1.807) is 13.8 Å². The van der Waals surface area contributed by atoms with Crippen molar-refractivity contribution in [1.29, 1.82) is 5.26 Å². The molecule has 0 amide bonds. The highest BCUT2D eigenvalue weighted by Gasteiger charge is 2.25. The molecule has 0 saturated carbocycles. The maximum atomic E-state index is 12.8. The highest BCUT2D eigenvalue weighted by atomic mass is 35.5. The summed E-state index contributed by atoms with van der Waals surface area (Å²) in [5.41, 5.74) is 5.69. The van der Waals surface area contributed by atoms with Crippen molar-refractivity contribution >= 4 is 44.0 Å². The lowest BCUT2D eigenvalue weighted by Gasteiger charge is -2.17. The molecule has 11 heteroatoms. The zero-order chi connectivity index (χ0) is 20.0. The molecule has 142 valence electrons. The number of nitrogens with two attached hydrogens (primary N) is 1. The fourth-order valence-corrected chi connectivity index (χ4v) is 4.05. The number of halogens is 1. The van der Waals surface area contributed by atoms with Gasteiger partial charge in [-0.1, -0.05) is 11.6 Å². The van der Waals surface area contributed by atoms with Crippen molar-refractivity contribution in [1.82, 2.24) is 14.8 Å². The fraction of sp³-hybridized carbons (Fsp3) is 0.250. The Balaban J connectivity index is 2.02. The monoisotopic (exact) mass is 408 g/mol. The zero-order valence-corrected chi connectivity index (χ0v) is 16.1. The van der Waals surface area contributed by atoms with E-state index in [0.717, 1.165) is 6.20 Å². The molecule has 5 N–H and O–H groups in total. The first-order chi connectivity index (χ1) is 12.5. The molecule has 0 aliphatic rings. The summed E-state index contributed by atoms with van der Waals surface area (Å²) in [6, 6.07) is 4.98.